The maximum atomic E-state index is 12.5. The van der Waals surface area contributed by atoms with E-state index in [-0.39, 0.29) is 12.3 Å². The summed E-state index contributed by atoms with van der Waals surface area (Å²) in [6.45, 7) is 1.31. The van der Waals surface area contributed by atoms with E-state index in [1.807, 2.05) is 6.07 Å². The zero-order chi connectivity index (χ0) is 16.5. The standard InChI is InChI=1S/C19H16N2O3/c20-11-12-1-3-14(4-2-12)21-18(22)10-16-15-6-8-23-17(15)9-13-5-7-24-19(13)16/h1-4,9H,5-8,10H2,(H,21,22). The number of nitriles is 1. The summed E-state index contributed by atoms with van der Waals surface area (Å²) in [5.74, 6) is 1.65. The van der Waals surface area contributed by atoms with Gasteiger partial charge in [0.1, 0.15) is 11.5 Å². The van der Waals surface area contributed by atoms with Crippen molar-refractivity contribution in [3.63, 3.8) is 0 Å². The number of benzene rings is 2. The Morgan fingerprint density at radius 2 is 1.96 bits per heavy atom. The average Bonchev–Trinajstić information content (AvgIpc) is 3.24. The largest absolute Gasteiger partial charge is 0.493 e. The fourth-order valence-electron chi connectivity index (χ4n) is 3.27. The first-order valence-corrected chi connectivity index (χ1v) is 7.98. The van der Waals surface area contributed by atoms with Crippen LogP contribution in [0, 0.1) is 11.3 Å². The van der Waals surface area contributed by atoms with Crippen molar-refractivity contribution in [1.82, 2.24) is 0 Å². The van der Waals surface area contributed by atoms with Crippen LogP contribution in [-0.2, 0) is 24.1 Å². The third-order valence-electron chi connectivity index (χ3n) is 4.40. The predicted molar refractivity (Wildman–Crippen MR) is 88.3 cm³/mol. The number of hydrogen-bond donors (Lipinski definition) is 1. The molecule has 2 aromatic carbocycles. The number of carbonyl (C=O) groups is 1. The molecule has 0 unspecified atom stereocenters. The van der Waals surface area contributed by atoms with Crippen molar-refractivity contribution in [3.8, 4) is 17.6 Å². The predicted octanol–water partition coefficient (Wildman–Crippen LogP) is 2.61. The van der Waals surface area contributed by atoms with Crippen LogP contribution >= 0.6 is 0 Å². The van der Waals surface area contributed by atoms with Crippen molar-refractivity contribution in [2.45, 2.75) is 19.3 Å². The van der Waals surface area contributed by atoms with Gasteiger partial charge < -0.3 is 14.8 Å². The summed E-state index contributed by atoms with van der Waals surface area (Å²) in [7, 11) is 0. The van der Waals surface area contributed by atoms with Crippen molar-refractivity contribution in [2.24, 2.45) is 0 Å². The van der Waals surface area contributed by atoms with Gasteiger partial charge in [0.05, 0.1) is 31.3 Å². The molecule has 0 saturated carbocycles. The first-order valence-electron chi connectivity index (χ1n) is 7.98. The molecule has 0 saturated heterocycles. The summed E-state index contributed by atoms with van der Waals surface area (Å²) >= 11 is 0. The number of nitrogens with zero attached hydrogens (tertiary/aromatic N) is 1. The molecule has 2 aromatic rings. The molecule has 24 heavy (non-hydrogen) atoms. The normalized spacial score (nSPS) is 14.1. The minimum absolute atomic E-state index is 0.0993. The lowest BCUT2D eigenvalue weighted by Gasteiger charge is -2.13. The number of carbonyl (C=O) groups excluding carboxylic acids is 1. The maximum absolute atomic E-state index is 12.5. The van der Waals surface area contributed by atoms with Gasteiger partial charge in [-0.1, -0.05) is 0 Å². The van der Waals surface area contributed by atoms with Crippen LogP contribution in [0.1, 0.15) is 22.3 Å². The van der Waals surface area contributed by atoms with Crippen LogP contribution in [0.15, 0.2) is 30.3 Å². The van der Waals surface area contributed by atoms with Crippen LogP contribution in [0.3, 0.4) is 0 Å². The molecule has 2 aliphatic rings. The lowest BCUT2D eigenvalue weighted by molar-refractivity contribution is -0.115. The van der Waals surface area contributed by atoms with E-state index in [4.69, 9.17) is 14.7 Å². The second-order valence-corrected chi connectivity index (χ2v) is 5.93. The van der Waals surface area contributed by atoms with Gasteiger partial charge in [0, 0.05) is 35.2 Å². The zero-order valence-electron chi connectivity index (χ0n) is 13.1. The number of amides is 1. The number of ether oxygens (including phenoxy) is 2. The van der Waals surface area contributed by atoms with Crippen LogP contribution in [0.5, 0.6) is 11.5 Å². The summed E-state index contributed by atoms with van der Waals surface area (Å²) in [4.78, 5) is 12.5. The molecule has 0 aromatic heterocycles. The minimum Gasteiger partial charge on any atom is -0.493 e. The first kappa shape index (κ1) is 14.6. The van der Waals surface area contributed by atoms with Gasteiger partial charge >= 0.3 is 0 Å². The van der Waals surface area contributed by atoms with Crippen LogP contribution in [0.4, 0.5) is 5.69 Å². The van der Waals surface area contributed by atoms with Gasteiger partial charge in [-0.15, -0.1) is 0 Å². The Morgan fingerprint density at radius 3 is 2.75 bits per heavy atom. The van der Waals surface area contributed by atoms with E-state index in [1.165, 1.54) is 0 Å². The van der Waals surface area contributed by atoms with Crippen molar-refractivity contribution >= 4 is 11.6 Å². The van der Waals surface area contributed by atoms with Crippen molar-refractivity contribution in [2.75, 3.05) is 18.5 Å². The second kappa shape index (κ2) is 5.89. The molecule has 0 bridgehead atoms. The summed E-state index contributed by atoms with van der Waals surface area (Å²) in [6.07, 6.45) is 1.93. The molecule has 1 N–H and O–H groups in total. The van der Waals surface area contributed by atoms with Gasteiger partial charge in [0.2, 0.25) is 5.91 Å². The van der Waals surface area contributed by atoms with Crippen LogP contribution in [0.25, 0.3) is 0 Å². The van der Waals surface area contributed by atoms with Gasteiger partial charge in [-0.2, -0.15) is 5.26 Å². The SMILES string of the molecule is N#Cc1ccc(NC(=O)Cc2c3c(cc4c2OCC4)OCC3)cc1. The quantitative estimate of drug-likeness (QED) is 0.943. The second-order valence-electron chi connectivity index (χ2n) is 5.93. The third-order valence-corrected chi connectivity index (χ3v) is 4.40. The molecule has 0 aliphatic carbocycles. The molecule has 0 atom stereocenters. The molecule has 2 heterocycles. The van der Waals surface area contributed by atoms with Gasteiger partial charge in [-0.05, 0) is 30.3 Å². The van der Waals surface area contributed by atoms with E-state index in [9.17, 15) is 4.79 Å². The van der Waals surface area contributed by atoms with Gasteiger partial charge in [0.25, 0.3) is 0 Å². The number of anilines is 1. The Balaban J connectivity index is 1.57. The molecule has 0 radical (unpaired) electrons. The van der Waals surface area contributed by atoms with E-state index in [0.29, 0.717) is 24.5 Å². The molecule has 0 spiro atoms. The summed E-state index contributed by atoms with van der Waals surface area (Å²) < 4.78 is 11.4. The number of rotatable bonds is 3. The summed E-state index contributed by atoms with van der Waals surface area (Å²) in [5, 5.41) is 11.7. The van der Waals surface area contributed by atoms with Gasteiger partial charge in [-0.3, -0.25) is 4.79 Å². The lowest BCUT2D eigenvalue weighted by atomic mass is 9.97. The van der Waals surface area contributed by atoms with Crippen molar-refractivity contribution in [3.05, 3.63) is 52.6 Å². The Morgan fingerprint density at radius 1 is 1.17 bits per heavy atom. The Labute approximate surface area is 139 Å². The smallest absolute Gasteiger partial charge is 0.228 e. The minimum atomic E-state index is -0.0993. The molecule has 0 fully saturated rings. The van der Waals surface area contributed by atoms with E-state index in [0.717, 1.165) is 41.0 Å². The fourth-order valence-corrected chi connectivity index (χ4v) is 3.27. The highest BCUT2D eigenvalue weighted by atomic mass is 16.5. The van der Waals surface area contributed by atoms with Crippen LogP contribution in [-0.4, -0.2) is 19.1 Å². The van der Waals surface area contributed by atoms with E-state index in [1.54, 1.807) is 24.3 Å². The monoisotopic (exact) mass is 320 g/mol. The average molecular weight is 320 g/mol. The Bertz CT molecular complexity index is 818. The summed E-state index contributed by atoms with van der Waals surface area (Å²) in [5.41, 5.74) is 4.41. The van der Waals surface area contributed by atoms with Crippen molar-refractivity contribution < 1.29 is 14.3 Å². The molecule has 2 aliphatic heterocycles. The summed E-state index contributed by atoms with van der Waals surface area (Å²) in [6, 6.07) is 10.9. The highest BCUT2D eigenvalue weighted by Gasteiger charge is 2.27. The maximum Gasteiger partial charge on any atom is 0.228 e. The Hall–Kier alpha value is -3.00. The lowest BCUT2D eigenvalue weighted by Crippen LogP contribution is -2.16. The van der Waals surface area contributed by atoms with Gasteiger partial charge in [-0.25, -0.2) is 0 Å². The third kappa shape index (κ3) is 2.56. The van der Waals surface area contributed by atoms with Gasteiger partial charge in [0.15, 0.2) is 0 Å². The number of hydrogen-bond acceptors (Lipinski definition) is 4. The first-order chi connectivity index (χ1) is 11.7. The van der Waals surface area contributed by atoms with Crippen molar-refractivity contribution in [1.29, 1.82) is 5.26 Å². The molecule has 4 rings (SSSR count). The molecular formula is C19H16N2O3. The number of fused-ring (bicyclic) bond motifs is 2. The molecular weight excluding hydrogens is 304 g/mol. The molecule has 5 nitrogen and oxygen atoms in total. The van der Waals surface area contributed by atoms with Crippen LogP contribution < -0.4 is 14.8 Å². The molecule has 1 amide bonds. The van der Waals surface area contributed by atoms with E-state index in [2.05, 4.69) is 11.4 Å². The van der Waals surface area contributed by atoms with E-state index >= 15 is 0 Å². The van der Waals surface area contributed by atoms with E-state index < -0.39 is 0 Å². The Kier molecular flexibility index (Phi) is 3.58. The highest BCUT2D eigenvalue weighted by Crippen LogP contribution is 2.40. The topological polar surface area (TPSA) is 71.4 Å². The number of nitrogens with one attached hydrogen (secondary N) is 1. The fraction of sp³-hybridized carbons (Fsp3) is 0.263. The zero-order valence-corrected chi connectivity index (χ0v) is 13.1. The molecule has 5 heteroatoms. The highest BCUT2D eigenvalue weighted by molar-refractivity contribution is 5.93. The molecule has 120 valence electrons. The van der Waals surface area contributed by atoms with Crippen LogP contribution in [0.2, 0.25) is 0 Å².